The Labute approximate surface area is 158 Å². The van der Waals surface area contributed by atoms with Crippen molar-refractivity contribution in [3.05, 3.63) is 88.8 Å². The summed E-state index contributed by atoms with van der Waals surface area (Å²) in [5.74, 6) is 0.956. The summed E-state index contributed by atoms with van der Waals surface area (Å²) in [7, 11) is 0. The first-order valence-corrected chi connectivity index (χ1v) is 8.68. The number of nitrogens with zero attached hydrogens (tertiary/aromatic N) is 2. The summed E-state index contributed by atoms with van der Waals surface area (Å²) >= 11 is 3.56. The molecule has 0 N–H and O–H groups in total. The van der Waals surface area contributed by atoms with Gasteiger partial charge in [0.05, 0.1) is 17.1 Å². The summed E-state index contributed by atoms with van der Waals surface area (Å²) in [6.45, 7) is 0. The zero-order valence-corrected chi connectivity index (χ0v) is 15.1. The molecule has 0 fully saturated rings. The van der Waals surface area contributed by atoms with Gasteiger partial charge in [-0.05, 0) is 82.7 Å². The minimum absolute atomic E-state index is 0.294. The van der Waals surface area contributed by atoms with E-state index in [0.717, 1.165) is 21.1 Å². The first-order valence-electron chi connectivity index (χ1n) is 7.88. The molecule has 0 aliphatic heterocycles. The highest BCUT2D eigenvalue weighted by molar-refractivity contribution is 9.10. The summed E-state index contributed by atoms with van der Waals surface area (Å²) in [6.07, 6.45) is 1.97. The van der Waals surface area contributed by atoms with E-state index in [0.29, 0.717) is 17.1 Å². The standard InChI is InChI=1S/C21H12BrFN2O/c22-20-13-25(21-10-1-14(12-24)11-19(20)21)16-4-8-18(9-5-16)26-17-6-2-15(23)3-7-17/h1-11,13H. The molecule has 5 heteroatoms. The molecule has 0 saturated heterocycles. The van der Waals surface area contributed by atoms with Crippen LogP contribution in [0, 0.1) is 17.1 Å². The second kappa shape index (κ2) is 6.66. The van der Waals surface area contributed by atoms with Crippen molar-refractivity contribution >= 4 is 26.8 Å². The molecular formula is C21H12BrFN2O. The van der Waals surface area contributed by atoms with Gasteiger partial charge in [0.1, 0.15) is 17.3 Å². The predicted octanol–water partition coefficient (Wildman–Crippen LogP) is 6.20. The largest absolute Gasteiger partial charge is 0.457 e. The van der Waals surface area contributed by atoms with Gasteiger partial charge in [0.15, 0.2) is 0 Å². The minimum Gasteiger partial charge on any atom is -0.457 e. The zero-order valence-electron chi connectivity index (χ0n) is 13.5. The van der Waals surface area contributed by atoms with Crippen molar-refractivity contribution in [2.24, 2.45) is 0 Å². The van der Waals surface area contributed by atoms with E-state index in [2.05, 4.69) is 22.0 Å². The first-order chi connectivity index (χ1) is 12.6. The van der Waals surface area contributed by atoms with Gasteiger partial charge in [-0.1, -0.05) is 0 Å². The van der Waals surface area contributed by atoms with Crippen LogP contribution in [0.2, 0.25) is 0 Å². The lowest BCUT2D eigenvalue weighted by Crippen LogP contribution is -1.92. The van der Waals surface area contributed by atoms with Crippen LogP contribution in [0.3, 0.4) is 0 Å². The molecule has 0 unspecified atom stereocenters. The molecule has 26 heavy (non-hydrogen) atoms. The second-order valence-electron chi connectivity index (χ2n) is 5.74. The molecule has 0 spiro atoms. The number of fused-ring (bicyclic) bond motifs is 1. The highest BCUT2D eigenvalue weighted by atomic mass is 79.9. The Morgan fingerprint density at radius 1 is 0.923 bits per heavy atom. The second-order valence-corrected chi connectivity index (χ2v) is 6.59. The number of halogens is 2. The molecule has 0 aliphatic carbocycles. The Morgan fingerprint density at radius 3 is 2.23 bits per heavy atom. The maximum absolute atomic E-state index is 13.0. The number of rotatable bonds is 3. The Bertz CT molecular complexity index is 1130. The quantitative estimate of drug-likeness (QED) is 0.406. The summed E-state index contributed by atoms with van der Waals surface area (Å²) in [5, 5.41) is 10.1. The van der Waals surface area contributed by atoms with Crippen LogP contribution in [0.1, 0.15) is 5.56 Å². The van der Waals surface area contributed by atoms with Gasteiger partial charge >= 0.3 is 0 Å². The lowest BCUT2D eigenvalue weighted by atomic mass is 10.2. The number of ether oxygens (including phenoxy) is 1. The van der Waals surface area contributed by atoms with Crippen LogP contribution in [0.25, 0.3) is 16.6 Å². The van der Waals surface area contributed by atoms with Crippen molar-refractivity contribution in [3.63, 3.8) is 0 Å². The van der Waals surface area contributed by atoms with Crippen LogP contribution in [-0.4, -0.2) is 4.57 Å². The fourth-order valence-electron chi connectivity index (χ4n) is 2.79. The molecule has 0 saturated carbocycles. The predicted molar refractivity (Wildman–Crippen MR) is 102 cm³/mol. The van der Waals surface area contributed by atoms with E-state index < -0.39 is 0 Å². The summed E-state index contributed by atoms with van der Waals surface area (Å²) < 4.78 is 21.7. The van der Waals surface area contributed by atoms with Gasteiger partial charge in [0.2, 0.25) is 0 Å². The van der Waals surface area contributed by atoms with E-state index in [1.165, 1.54) is 12.1 Å². The van der Waals surface area contributed by atoms with Crippen molar-refractivity contribution in [1.82, 2.24) is 4.57 Å². The Hall–Kier alpha value is -3.10. The number of benzene rings is 3. The van der Waals surface area contributed by atoms with Gasteiger partial charge in [-0.25, -0.2) is 4.39 Å². The van der Waals surface area contributed by atoms with Crippen molar-refractivity contribution in [3.8, 4) is 23.3 Å². The molecule has 0 atom stereocenters. The van der Waals surface area contributed by atoms with Gasteiger partial charge in [-0.3, -0.25) is 0 Å². The topological polar surface area (TPSA) is 38.0 Å². The molecule has 3 aromatic carbocycles. The molecule has 126 valence electrons. The molecule has 4 aromatic rings. The van der Waals surface area contributed by atoms with Crippen LogP contribution in [0.5, 0.6) is 11.5 Å². The van der Waals surface area contributed by atoms with E-state index in [1.807, 2.05) is 47.2 Å². The molecule has 0 amide bonds. The fraction of sp³-hybridized carbons (Fsp3) is 0. The SMILES string of the molecule is N#Cc1ccc2c(c1)c(Br)cn2-c1ccc(Oc2ccc(F)cc2)cc1. The molecular weight excluding hydrogens is 395 g/mol. The van der Waals surface area contributed by atoms with E-state index in [4.69, 9.17) is 10.00 Å². The average Bonchev–Trinajstić information content (AvgIpc) is 3.00. The number of nitriles is 1. The van der Waals surface area contributed by atoms with Crippen LogP contribution in [0.4, 0.5) is 4.39 Å². The highest BCUT2D eigenvalue weighted by Crippen LogP contribution is 2.31. The third-order valence-corrected chi connectivity index (χ3v) is 4.68. The fourth-order valence-corrected chi connectivity index (χ4v) is 3.31. The summed E-state index contributed by atoms with van der Waals surface area (Å²) in [4.78, 5) is 0. The van der Waals surface area contributed by atoms with Crippen LogP contribution in [-0.2, 0) is 0 Å². The lowest BCUT2D eigenvalue weighted by Gasteiger charge is -2.09. The van der Waals surface area contributed by atoms with Gasteiger partial charge < -0.3 is 9.30 Å². The first kappa shape index (κ1) is 16.4. The van der Waals surface area contributed by atoms with Crippen molar-refractivity contribution in [2.75, 3.05) is 0 Å². The zero-order chi connectivity index (χ0) is 18.1. The minimum atomic E-state index is -0.294. The number of aromatic nitrogens is 1. The normalized spacial score (nSPS) is 10.7. The van der Waals surface area contributed by atoms with Crippen molar-refractivity contribution < 1.29 is 9.13 Å². The van der Waals surface area contributed by atoms with Crippen LogP contribution < -0.4 is 4.74 Å². The molecule has 0 radical (unpaired) electrons. The molecule has 1 aromatic heterocycles. The number of hydrogen-bond acceptors (Lipinski definition) is 2. The van der Waals surface area contributed by atoms with Gasteiger partial charge in [0, 0.05) is 21.7 Å². The molecule has 0 aliphatic rings. The lowest BCUT2D eigenvalue weighted by molar-refractivity contribution is 0.480. The molecule has 4 rings (SSSR count). The maximum atomic E-state index is 13.0. The highest BCUT2D eigenvalue weighted by Gasteiger charge is 2.09. The van der Waals surface area contributed by atoms with Crippen LogP contribution >= 0.6 is 15.9 Å². The Morgan fingerprint density at radius 2 is 1.58 bits per heavy atom. The smallest absolute Gasteiger partial charge is 0.127 e. The van der Waals surface area contributed by atoms with Crippen LogP contribution in [0.15, 0.2) is 77.4 Å². The van der Waals surface area contributed by atoms with Crippen molar-refractivity contribution in [1.29, 1.82) is 5.26 Å². The maximum Gasteiger partial charge on any atom is 0.127 e. The van der Waals surface area contributed by atoms with E-state index in [9.17, 15) is 4.39 Å². The molecule has 3 nitrogen and oxygen atoms in total. The monoisotopic (exact) mass is 406 g/mol. The molecule has 0 bridgehead atoms. The Kier molecular flexibility index (Phi) is 4.19. The average molecular weight is 407 g/mol. The molecule has 1 heterocycles. The summed E-state index contributed by atoms with van der Waals surface area (Å²) in [6, 6.07) is 21.3. The Balaban J connectivity index is 1.66. The third-order valence-electron chi connectivity index (χ3n) is 4.05. The number of hydrogen-bond donors (Lipinski definition) is 0. The van der Waals surface area contributed by atoms with Gasteiger partial charge in [0.25, 0.3) is 0 Å². The van der Waals surface area contributed by atoms with Gasteiger partial charge in [-0.15, -0.1) is 0 Å². The van der Waals surface area contributed by atoms with E-state index in [-0.39, 0.29) is 5.82 Å². The van der Waals surface area contributed by atoms with Gasteiger partial charge in [-0.2, -0.15) is 5.26 Å². The van der Waals surface area contributed by atoms with Crippen molar-refractivity contribution in [2.45, 2.75) is 0 Å². The van der Waals surface area contributed by atoms with E-state index >= 15 is 0 Å². The summed E-state index contributed by atoms with van der Waals surface area (Å²) in [5.41, 5.74) is 2.60. The third kappa shape index (κ3) is 3.07. The van der Waals surface area contributed by atoms with E-state index in [1.54, 1.807) is 18.2 Å².